The van der Waals surface area contributed by atoms with Gasteiger partial charge in [-0.05, 0) is 17.7 Å². The van der Waals surface area contributed by atoms with E-state index in [2.05, 4.69) is 20.5 Å². The Labute approximate surface area is 106 Å². The van der Waals surface area contributed by atoms with E-state index in [9.17, 15) is 4.79 Å². The maximum atomic E-state index is 11.5. The number of nitrogens with one attached hydrogen (secondary N) is 1. The standard InChI is InChI=1S/C11H8ClN5O/c12-8-3-1-2-7(4-8)5-17-6-9-10(15-17)13-16-14-11(9)18/h1-4,6H,5H2,(H,13,14,15,18). The second kappa shape index (κ2) is 4.23. The number of aromatic nitrogens is 5. The van der Waals surface area contributed by atoms with Gasteiger partial charge in [0.05, 0.1) is 6.54 Å². The van der Waals surface area contributed by atoms with Gasteiger partial charge in [0.25, 0.3) is 5.56 Å². The molecule has 0 amide bonds. The monoisotopic (exact) mass is 261 g/mol. The first-order valence-corrected chi connectivity index (χ1v) is 5.63. The van der Waals surface area contributed by atoms with Crippen molar-refractivity contribution in [3.8, 4) is 0 Å². The molecule has 0 aliphatic rings. The van der Waals surface area contributed by atoms with Crippen molar-refractivity contribution in [1.82, 2.24) is 25.2 Å². The SMILES string of the molecule is O=c1[nH]nnc2nn(Cc3cccc(Cl)c3)cc12. The molecule has 1 N–H and O–H groups in total. The largest absolute Gasteiger partial charge is 0.278 e. The number of rotatable bonds is 2. The molecule has 2 heterocycles. The molecule has 0 saturated carbocycles. The van der Waals surface area contributed by atoms with Crippen molar-refractivity contribution in [2.45, 2.75) is 6.54 Å². The third-order valence-corrected chi connectivity index (χ3v) is 2.75. The van der Waals surface area contributed by atoms with Crippen molar-refractivity contribution >= 4 is 22.6 Å². The number of aromatic amines is 1. The Kier molecular flexibility index (Phi) is 2.56. The highest BCUT2D eigenvalue weighted by Crippen LogP contribution is 2.12. The summed E-state index contributed by atoms with van der Waals surface area (Å²) in [6.07, 6.45) is 1.64. The van der Waals surface area contributed by atoms with Crippen molar-refractivity contribution in [2.24, 2.45) is 0 Å². The van der Waals surface area contributed by atoms with Crippen LogP contribution in [-0.4, -0.2) is 25.2 Å². The first kappa shape index (κ1) is 10.9. The second-order valence-electron chi connectivity index (χ2n) is 3.83. The quantitative estimate of drug-likeness (QED) is 0.752. The Morgan fingerprint density at radius 2 is 2.28 bits per heavy atom. The fourth-order valence-corrected chi connectivity index (χ4v) is 1.94. The molecule has 7 heteroatoms. The summed E-state index contributed by atoms with van der Waals surface area (Å²) in [6.45, 7) is 0.524. The topological polar surface area (TPSA) is 76.5 Å². The van der Waals surface area contributed by atoms with Crippen LogP contribution in [0.4, 0.5) is 0 Å². The number of hydrogen-bond donors (Lipinski definition) is 1. The first-order chi connectivity index (χ1) is 8.72. The number of H-pyrrole nitrogens is 1. The van der Waals surface area contributed by atoms with Gasteiger partial charge < -0.3 is 0 Å². The van der Waals surface area contributed by atoms with E-state index in [1.807, 2.05) is 18.2 Å². The first-order valence-electron chi connectivity index (χ1n) is 5.25. The third kappa shape index (κ3) is 1.98. The van der Waals surface area contributed by atoms with Gasteiger partial charge in [-0.25, -0.2) is 5.10 Å². The zero-order chi connectivity index (χ0) is 12.5. The second-order valence-corrected chi connectivity index (χ2v) is 4.27. The van der Waals surface area contributed by atoms with Crippen LogP contribution in [0.3, 0.4) is 0 Å². The Hall–Kier alpha value is -2.21. The zero-order valence-corrected chi connectivity index (χ0v) is 9.92. The van der Waals surface area contributed by atoms with Crippen LogP contribution >= 0.6 is 11.6 Å². The lowest BCUT2D eigenvalue weighted by molar-refractivity contribution is 0.691. The number of fused-ring (bicyclic) bond motifs is 1. The van der Waals surface area contributed by atoms with Crippen LogP contribution in [0.2, 0.25) is 5.02 Å². The highest BCUT2D eigenvalue weighted by molar-refractivity contribution is 6.30. The van der Waals surface area contributed by atoms with Crippen LogP contribution in [0, 0.1) is 0 Å². The van der Waals surface area contributed by atoms with Gasteiger partial charge >= 0.3 is 0 Å². The summed E-state index contributed by atoms with van der Waals surface area (Å²) in [5.74, 6) is 0. The Morgan fingerprint density at radius 3 is 3.06 bits per heavy atom. The van der Waals surface area contributed by atoms with Crippen LogP contribution < -0.4 is 5.56 Å². The average molecular weight is 262 g/mol. The summed E-state index contributed by atoms with van der Waals surface area (Å²) in [5, 5.41) is 14.8. The number of nitrogens with zero attached hydrogens (tertiary/aromatic N) is 4. The molecule has 18 heavy (non-hydrogen) atoms. The highest BCUT2D eigenvalue weighted by Gasteiger charge is 2.06. The van der Waals surface area contributed by atoms with E-state index in [1.165, 1.54) is 0 Å². The Balaban J connectivity index is 2.01. The van der Waals surface area contributed by atoms with Crippen LogP contribution in [-0.2, 0) is 6.54 Å². The molecule has 0 atom stereocenters. The molecule has 0 aliphatic carbocycles. The van der Waals surface area contributed by atoms with Crippen molar-refractivity contribution in [1.29, 1.82) is 0 Å². The lowest BCUT2D eigenvalue weighted by Gasteiger charge is -2.01. The summed E-state index contributed by atoms with van der Waals surface area (Å²) in [4.78, 5) is 11.5. The van der Waals surface area contributed by atoms with E-state index in [0.717, 1.165) is 5.56 Å². The smallest absolute Gasteiger partial charge is 0.267 e. The molecule has 90 valence electrons. The average Bonchev–Trinajstić information content (AvgIpc) is 2.73. The van der Waals surface area contributed by atoms with Crippen LogP contribution in [0.25, 0.3) is 11.0 Å². The summed E-state index contributed by atoms with van der Waals surface area (Å²) in [5.41, 5.74) is 1.04. The minimum atomic E-state index is -0.294. The molecular formula is C11H8ClN5O. The molecule has 0 aliphatic heterocycles. The van der Waals surface area contributed by atoms with Gasteiger partial charge in [-0.1, -0.05) is 28.9 Å². The van der Waals surface area contributed by atoms with Gasteiger partial charge in [0.2, 0.25) is 5.65 Å². The van der Waals surface area contributed by atoms with Crippen molar-refractivity contribution in [3.05, 3.63) is 51.4 Å². The molecule has 6 nitrogen and oxygen atoms in total. The molecule has 0 saturated heterocycles. The third-order valence-electron chi connectivity index (χ3n) is 2.52. The molecule has 0 fully saturated rings. The zero-order valence-electron chi connectivity index (χ0n) is 9.17. The van der Waals surface area contributed by atoms with E-state index in [1.54, 1.807) is 16.9 Å². The number of hydrogen-bond acceptors (Lipinski definition) is 4. The molecule has 3 aromatic rings. The van der Waals surface area contributed by atoms with Crippen molar-refractivity contribution in [3.63, 3.8) is 0 Å². The minimum absolute atomic E-state index is 0.294. The van der Waals surface area contributed by atoms with E-state index in [-0.39, 0.29) is 5.56 Å². The van der Waals surface area contributed by atoms with E-state index in [4.69, 9.17) is 11.6 Å². The van der Waals surface area contributed by atoms with E-state index >= 15 is 0 Å². The highest BCUT2D eigenvalue weighted by atomic mass is 35.5. The normalized spacial score (nSPS) is 10.9. The summed E-state index contributed by atoms with van der Waals surface area (Å²) in [6, 6.07) is 7.46. The van der Waals surface area contributed by atoms with Crippen LogP contribution in [0.1, 0.15) is 5.56 Å². The predicted molar refractivity (Wildman–Crippen MR) is 66.5 cm³/mol. The molecule has 2 aromatic heterocycles. The van der Waals surface area contributed by atoms with Crippen molar-refractivity contribution < 1.29 is 0 Å². The fraction of sp³-hybridized carbons (Fsp3) is 0.0909. The lowest BCUT2D eigenvalue weighted by Crippen LogP contribution is -2.08. The Morgan fingerprint density at radius 1 is 1.39 bits per heavy atom. The molecule has 0 bridgehead atoms. The molecule has 3 rings (SSSR count). The van der Waals surface area contributed by atoms with Gasteiger partial charge in [-0.3, -0.25) is 9.48 Å². The Bertz CT molecular complexity index is 763. The number of halogens is 1. The fourth-order valence-electron chi connectivity index (χ4n) is 1.73. The van der Waals surface area contributed by atoms with Crippen LogP contribution in [0.5, 0.6) is 0 Å². The molecule has 0 unspecified atom stereocenters. The van der Waals surface area contributed by atoms with Crippen molar-refractivity contribution in [2.75, 3.05) is 0 Å². The van der Waals surface area contributed by atoms with E-state index in [0.29, 0.717) is 22.6 Å². The van der Waals surface area contributed by atoms with Gasteiger partial charge in [-0.2, -0.15) is 0 Å². The lowest BCUT2D eigenvalue weighted by atomic mass is 10.2. The summed E-state index contributed by atoms with van der Waals surface area (Å²) in [7, 11) is 0. The molecule has 0 spiro atoms. The van der Waals surface area contributed by atoms with E-state index < -0.39 is 0 Å². The molecule has 0 radical (unpaired) electrons. The summed E-state index contributed by atoms with van der Waals surface area (Å²) < 4.78 is 1.64. The molecule has 1 aromatic carbocycles. The maximum absolute atomic E-state index is 11.5. The van der Waals surface area contributed by atoms with Gasteiger partial charge in [0, 0.05) is 11.2 Å². The van der Waals surface area contributed by atoms with Gasteiger partial charge in [0.15, 0.2) is 0 Å². The van der Waals surface area contributed by atoms with Crippen LogP contribution in [0.15, 0.2) is 35.3 Å². The minimum Gasteiger partial charge on any atom is -0.267 e. The molecular weight excluding hydrogens is 254 g/mol. The predicted octanol–water partition coefficient (Wildman–Crippen LogP) is 1.22. The maximum Gasteiger partial charge on any atom is 0.278 e. The van der Waals surface area contributed by atoms with Gasteiger partial charge in [-0.15, -0.1) is 10.2 Å². The summed E-state index contributed by atoms with van der Waals surface area (Å²) >= 11 is 5.91. The number of benzene rings is 1. The van der Waals surface area contributed by atoms with Gasteiger partial charge in [0.1, 0.15) is 5.39 Å².